The molecule has 0 saturated carbocycles. The van der Waals surface area contributed by atoms with Gasteiger partial charge < -0.3 is 10.3 Å². The first-order valence-electron chi connectivity index (χ1n) is 2.59. The maximum Gasteiger partial charge on any atom is 0.231 e. The highest BCUT2D eigenvalue weighted by Gasteiger charge is 2.01. The molecule has 0 unspecified atom stereocenters. The van der Waals surface area contributed by atoms with Crippen LogP contribution in [0.25, 0.3) is 0 Å². The Labute approximate surface area is 52.8 Å². The molecule has 1 aromatic rings. The number of pyridine rings is 1. The minimum atomic E-state index is 0.0347. The zero-order valence-corrected chi connectivity index (χ0v) is 5.03. The highest BCUT2D eigenvalue weighted by molar-refractivity contribution is 5.19. The van der Waals surface area contributed by atoms with Crippen molar-refractivity contribution in [1.82, 2.24) is 0 Å². The Hall–Kier alpha value is -1.25. The fourth-order valence-corrected chi connectivity index (χ4v) is 0.558. The minimum absolute atomic E-state index is 0.0347. The number of hydrogen-bond donors (Lipinski definition) is 1. The summed E-state index contributed by atoms with van der Waals surface area (Å²) in [6.45, 7) is 1.56. The predicted molar refractivity (Wildman–Crippen MR) is 31.8 cm³/mol. The lowest BCUT2D eigenvalue weighted by molar-refractivity contribution is -0.612. The SMILES string of the molecule is Cc1c(O)ccc[n+]1[O-]. The normalized spacial score (nSPS) is 9.44. The third-order valence-corrected chi connectivity index (χ3v) is 1.18. The van der Waals surface area contributed by atoms with Crippen LogP contribution in [-0.4, -0.2) is 5.11 Å². The van der Waals surface area contributed by atoms with E-state index in [1.165, 1.54) is 18.3 Å². The van der Waals surface area contributed by atoms with Gasteiger partial charge in [0, 0.05) is 13.0 Å². The molecular formula is C6H7NO2. The van der Waals surface area contributed by atoms with E-state index < -0.39 is 0 Å². The van der Waals surface area contributed by atoms with Crippen molar-refractivity contribution in [3.05, 3.63) is 29.2 Å². The standard InChI is InChI=1S/C6H7NO2/c1-5-6(8)3-2-4-7(5)9/h2-4,8H,1H3. The van der Waals surface area contributed by atoms with E-state index in [0.717, 1.165) is 0 Å². The molecule has 0 aliphatic heterocycles. The Balaban J connectivity index is 3.25. The maximum atomic E-state index is 10.6. The molecule has 1 heterocycles. The summed E-state index contributed by atoms with van der Waals surface area (Å²) in [4.78, 5) is 0. The molecule has 0 amide bonds. The smallest absolute Gasteiger partial charge is 0.231 e. The van der Waals surface area contributed by atoms with Crippen LogP contribution in [-0.2, 0) is 0 Å². The summed E-state index contributed by atoms with van der Waals surface area (Å²) < 4.78 is 0.620. The van der Waals surface area contributed by atoms with Crippen LogP contribution in [0.1, 0.15) is 5.69 Å². The van der Waals surface area contributed by atoms with Crippen molar-refractivity contribution in [1.29, 1.82) is 0 Å². The summed E-state index contributed by atoms with van der Waals surface area (Å²) >= 11 is 0. The third-order valence-electron chi connectivity index (χ3n) is 1.18. The van der Waals surface area contributed by atoms with Crippen LogP contribution < -0.4 is 4.73 Å². The summed E-state index contributed by atoms with van der Waals surface area (Å²) in [7, 11) is 0. The average molecular weight is 125 g/mol. The zero-order valence-electron chi connectivity index (χ0n) is 5.03. The fourth-order valence-electron chi connectivity index (χ4n) is 0.558. The number of hydrogen-bond acceptors (Lipinski definition) is 2. The summed E-state index contributed by atoms with van der Waals surface area (Å²) in [6.07, 6.45) is 1.34. The van der Waals surface area contributed by atoms with Crippen molar-refractivity contribution in [2.24, 2.45) is 0 Å². The summed E-state index contributed by atoms with van der Waals surface area (Å²) in [5.41, 5.74) is 0.331. The topological polar surface area (TPSA) is 47.2 Å². The van der Waals surface area contributed by atoms with Crippen LogP contribution in [0.5, 0.6) is 5.75 Å². The van der Waals surface area contributed by atoms with Crippen LogP contribution in [0.3, 0.4) is 0 Å². The summed E-state index contributed by atoms with van der Waals surface area (Å²) in [5, 5.41) is 19.5. The van der Waals surface area contributed by atoms with Crippen LogP contribution in [0.4, 0.5) is 0 Å². The minimum Gasteiger partial charge on any atom is -0.618 e. The van der Waals surface area contributed by atoms with Crippen molar-refractivity contribution in [2.45, 2.75) is 6.92 Å². The Morgan fingerprint density at radius 3 is 2.78 bits per heavy atom. The Morgan fingerprint density at radius 2 is 2.33 bits per heavy atom. The molecule has 0 bridgehead atoms. The Bertz CT molecular complexity index is 202. The van der Waals surface area contributed by atoms with Gasteiger partial charge in [0.15, 0.2) is 11.9 Å². The molecule has 0 radical (unpaired) electrons. The molecule has 0 aliphatic rings. The number of rotatable bonds is 0. The summed E-state index contributed by atoms with van der Waals surface area (Å²) in [5.74, 6) is 0.0347. The first-order valence-corrected chi connectivity index (χ1v) is 2.59. The monoisotopic (exact) mass is 125 g/mol. The van der Waals surface area contributed by atoms with E-state index in [0.29, 0.717) is 10.4 Å². The highest BCUT2D eigenvalue weighted by Crippen LogP contribution is 2.07. The van der Waals surface area contributed by atoms with Crippen LogP contribution in [0.2, 0.25) is 0 Å². The van der Waals surface area contributed by atoms with Gasteiger partial charge in [0.05, 0.1) is 0 Å². The zero-order chi connectivity index (χ0) is 6.85. The van der Waals surface area contributed by atoms with E-state index in [-0.39, 0.29) is 5.75 Å². The Kier molecular flexibility index (Phi) is 1.26. The first kappa shape index (κ1) is 5.88. The van der Waals surface area contributed by atoms with Crippen molar-refractivity contribution >= 4 is 0 Å². The molecule has 3 heteroatoms. The van der Waals surface area contributed by atoms with Gasteiger partial charge in [0.25, 0.3) is 0 Å². The van der Waals surface area contributed by atoms with Gasteiger partial charge in [-0.1, -0.05) is 0 Å². The van der Waals surface area contributed by atoms with Crippen LogP contribution in [0.15, 0.2) is 18.3 Å². The molecule has 0 atom stereocenters. The van der Waals surface area contributed by atoms with E-state index in [4.69, 9.17) is 5.11 Å². The van der Waals surface area contributed by atoms with Crippen molar-refractivity contribution in [3.8, 4) is 5.75 Å². The molecule has 0 saturated heterocycles. The van der Waals surface area contributed by atoms with E-state index in [1.54, 1.807) is 6.92 Å². The number of aromatic nitrogens is 1. The van der Waals surface area contributed by atoms with Crippen molar-refractivity contribution in [2.75, 3.05) is 0 Å². The molecule has 48 valence electrons. The highest BCUT2D eigenvalue weighted by atomic mass is 16.5. The molecule has 0 aliphatic carbocycles. The lowest BCUT2D eigenvalue weighted by atomic mass is 10.3. The lowest BCUT2D eigenvalue weighted by Crippen LogP contribution is -2.28. The molecule has 1 aromatic heterocycles. The second-order valence-electron chi connectivity index (χ2n) is 1.80. The van der Waals surface area contributed by atoms with E-state index in [2.05, 4.69) is 0 Å². The molecule has 0 spiro atoms. The molecule has 1 N–H and O–H groups in total. The van der Waals surface area contributed by atoms with Crippen molar-refractivity contribution < 1.29 is 9.84 Å². The molecular weight excluding hydrogens is 118 g/mol. The molecule has 1 rings (SSSR count). The quantitative estimate of drug-likeness (QED) is 0.401. The van der Waals surface area contributed by atoms with Gasteiger partial charge in [-0.2, -0.15) is 4.73 Å². The number of aromatic hydroxyl groups is 1. The van der Waals surface area contributed by atoms with Crippen LogP contribution >= 0.6 is 0 Å². The molecule has 9 heavy (non-hydrogen) atoms. The van der Waals surface area contributed by atoms with Gasteiger partial charge >= 0.3 is 0 Å². The molecule has 0 aromatic carbocycles. The first-order chi connectivity index (χ1) is 4.22. The third kappa shape index (κ3) is 0.937. The fraction of sp³-hybridized carbons (Fsp3) is 0.167. The van der Waals surface area contributed by atoms with E-state index >= 15 is 0 Å². The van der Waals surface area contributed by atoms with Crippen LogP contribution in [0, 0.1) is 12.1 Å². The molecule has 3 nitrogen and oxygen atoms in total. The summed E-state index contributed by atoms with van der Waals surface area (Å²) in [6, 6.07) is 2.97. The Morgan fingerprint density at radius 1 is 1.67 bits per heavy atom. The van der Waals surface area contributed by atoms with Gasteiger partial charge in [-0.3, -0.25) is 0 Å². The maximum absolute atomic E-state index is 10.6. The largest absolute Gasteiger partial charge is 0.618 e. The van der Waals surface area contributed by atoms with Gasteiger partial charge in [-0.05, 0) is 6.07 Å². The van der Waals surface area contributed by atoms with E-state index in [9.17, 15) is 5.21 Å². The van der Waals surface area contributed by atoms with Gasteiger partial charge in [-0.15, -0.1) is 0 Å². The second kappa shape index (κ2) is 1.93. The van der Waals surface area contributed by atoms with Gasteiger partial charge in [0.1, 0.15) is 0 Å². The lowest BCUT2D eigenvalue weighted by Gasteiger charge is -1.98. The number of nitrogens with zero attached hydrogens (tertiary/aromatic N) is 1. The van der Waals surface area contributed by atoms with Crippen molar-refractivity contribution in [3.63, 3.8) is 0 Å². The predicted octanol–water partition coefficient (Wildman–Crippen LogP) is 0.334. The second-order valence-corrected chi connectivity index (χ2v) is 1.80. The molecule has 0 fully saturated rings. The average Bonchev–Trinajstić information content (AvgIpc) is 1.83. The van der Waals surface area contributed by atoms with Gasteiger partial charge in [-0.25, -0.2) is 0 Å². The van der Waals surface area contributed by atoms with E-state index in [1.807, 2.05) is 0 Å². The van der Waals surface area contributed by atoms with Gasteiger partial charge in [0.2, 0.25) is 5.69 Å².